The Kier molecular flexibility index (Phi) is 5.56. The van der Waals surface area contributed by atoms with E-state index < -0.39 is 0 Å². The molecule has 2 rings (SSSR count). The molecule has 106 valence electrons. The summed E-state index contributed by atoms with van der Waals surface area (Å²) in [5, 5.41) is 0. The molecule has 0 aliphatic rings. The van der Waals surface area contributed by atoms with E-state index in [0.29, 0.717) is 19.1 Å². The molecule has 0 saturated carbocycles. The smallest absolute Gasteiger partial charge is 0.122 e. The van der Waals surface area contributed by atoms with Gasteiger partial charge in [0, 0.05) is 5.88 Å². The third kappa shape index (κ3) is 4.35. The van der Waals surface area contributed by atoms with Gasteiger partial charge in [-0.25, -0.2) is 0 Å². The first-order valence-corrected chi connectivity index (χ1v) is 6.90. The molecule has 0 aliphatic heterocycles. The van der Waals surface area contributed by atoms with Crippen LogP contribution in [0.25, 0.3) is 0 Å². The van der Waals surface area contributed by atoms with E-state index in [0.717, 1.165) is 22.8 Å². The fraction of sp³-hybridized carbons (Fsp3) is 0.250. The van der Waals surface area contributed by atoms with E-state index in [1.165, 1.54) is 0 Å². The van der Waals surface area contributed by atoms with Crippen molar-refractivity contribution in [2.24, 2.45) is 0 Å². The Morgan fingerprint density at radius 2 is 1.20 bits per heavy atom. The predicted octanol–water partition coefficient (Wildman–Crippen LogP) is 3.89. The molecule has 0 N–H and O–H groups in total. The number of halogens is 1. The van der Waals surface area contributed by atoms with Crippen LogP contribution in [-0.4, -0.2) is 20.3 Å². The topological polar surface area (TPSA) is 27.7 Å². The van der Waals surface area contributed by atoms with Crippen LogP contribution in [0.5, 0.6) is 17.2 Å². The maximum Gasteiger partial charge on any atom is 0.122 e. The molecule has 0 bridgehead atoms. The molecule has 0 saturated heterocycles. The largest absolute Gasteiger partial charge is 0.497 e. The Morgan fingerprint density at radius 3 is 1.65 bits per heavy atom. The second-order valence-corrected chi connectivity index (χ2v) is 4.42. The van der Waals surface area contributed by atoms with Gasteiger partial charge >= 0.3 is 0 Å². The van der Waals surface area contributed by atoms with Crippen LogP contribution >= 0.6 is 11.6 Å². The lowest BCUT2D eigenvalue weighted by Crippen LogP contribution is -2.08. The summed E-state index contributed by atoms with van der Waals surface area (Å²) in [7, 11) is 1.64. The van der Waals surface area contributed by atoms with Gasteiger partial charge in [0.25, 0.3) is 0 Å². The number of hydrogen-bond donors (Lipinski definition) is 0. The maximum atomic E-state index is 5.73. The monoisotopic (exact) mass is 292 g/mol. The number of rotatable bonds is 7. The molecule has 0 aliphatic carbocycles. The Balaban J connectivity index is 1.72. The first kappa shape index (κ1) is 14.5. The lowest BCUT2D eigenvalue weighted by molar-refractivity contribution is 0.217. The van der Waals surface area contributed by atoms with Crippen LogP contribution in [-0.2, 0) is 5.88 Å². The Hall–Kier alpha value is -1.87. The number of methoxy groups -OCH3 is 1. The van der Waals surface area contributed by atoms with Crippen molar-refractivity contribution in [3.05, 3.63) is 54.1 Å². The predicted molar refractivity (Wildman–Crippen MR) is 80.0 cm³/mol. The Bertz CT molecular complexity index is 459. The SMILES string of the molecule is COc1ccc(OCCOc2ccc(CCl)cc2)cc1. The number of benzene rings is 2. The molecule has 0 fully saturated rings. The summed E-state index contributed by atoms with van der Waals surface area (Å²) >= 11 is 5.73. The van der Waals surface area contributed by atoms with Gasteiger partial charge in [-0.2, -0.15) is 0 Å². The molecule has 2 aromatic rings. The van der Waals surface area contributed by atoms with Gasteiger partial charge in [-0.1, -0.05) is 12.1 Å². The summed E-state index contributed by atoms with van der Waals surface area (Å²) in [6.07, 6.45) is 0. The van der Waals surface area contributed by atoms with Gasteiger partial charge in [-0.05, 0) is 42.0 Å². The second kappa shape index (κ2) is 7.65. The zero-order valence-corrected chi connectivity index (χ0v) is 12.1. The quantitative estimate of drug-likeness (QED) is 0.572. The van der Waals surface area contributed by atoms with Crippen molar-refractivity contribution in [2.45, 2.75) is 5.88 Å². The molecule has 4 heteroatoms. The van der Waals surface area contributed by atoms with Crippen LogP contribution in [0.4, 0.5) is 0 Å². The van der Waals surface area contributed by atoms with Crippen LogP contribution in [0, 0.1) is 0 Å². The molecule has 0 radical (unpaired) electrons. The van der Waals surface area contributed by atoms with Crippen LogP contribution in [0.15, 0.2) is 48.5 Å². The average Bonchev–Trinajstić information content (AvgIpc) is 2.53. The first-order chi connectivity index (χ1) is 9.81. The van der Waals surface area contributed by atoms with Crippen molar-refractivity contribution in [1.29, 1.82) is 0 Å². The lowest BCUT2D eigenvalue weighted by atomic mass is 10.2. The van der Waals surface area contributed by atoms with Gasteiger partial charge in [-0.3, -0.25) is 0 Å². The van der Waals surface area contributed by atoms with E-state index in [1.807, 2.05) is 48.5 Å². The average molecular weight is 293 g/mol. The zero-order chi connectivity index (χ0) is 14.2. The number of ether oxygens (including phenoxy) is 3. The van der Waals surface area contributed by atoms with Gasteiger partial charge in [-0.15, -0.1) is 11.6 Å². The van der Waals surface area contributed by atoms with Crippen LogP contribution in [0.2, 0.25) is 0 Å². The van der Waals surface area contributed by atoms with Crippen LogP contribution < -0.4 is 14.2 Å². The number of alkyl halides is 1. The molecule has 0 heterocycles. The highest BCUT2D eigenvalue weighted by Crippen LogP contribution is 2.17. The molecule has 0 atom stereocenters. The van der Waals surface area contributed by atoms with E-state index in [-0.39, 0.29) is 0 Å². The summed E-state index contributed by atoms with van der Waals surface area (Å²) in [6.45, 7) is 0.982. The van der Waals surface area contributed by atoms with Crippen molar-refractivity contribution >= 4 is 11.6 Å². The molecule has 2 aromatic carbocycles. The van der Waals surface area contributed by atoms with Gasteiger partial charge in [0.15, 0.2) is 0 Å². The minimum atomic E-state index is 0.490. The minimum Gasteiger partial charge on any atom is -0.497 e. The van der Waals surface area contributed by atoms with Crippen molar-refractivity contribution in [3.63, 3.8) is 0 Å². The van der Waals surface area contributed by atoms with E-state index in [1.54, 1.807) is 7.11 Å². The molecular formula is C16H17ClO3. The van der Waals surface area contributed by atoms with Crippen LogP contribution in [0.3, 0.4) is 0 Å². The minimum absolute atomic E-state index is 0.490. The Labute approximate surface area is 124 Å². The zero-order valence-electron chi connectivity index (χ0n) is 11.3. The third-order valence-corrected chi connectivity index (χ3v) is 3.07. The second-order valence-electron chi connectivity index (χ2n) is 4.15. The van der Waals surface area contributed by atoms with Gasteiger partial charge < -0.3 is 14.2 Å². The third-order valence-electron chi connectivity index (χ3n) is 2.76. The van der Waals surface area contributed by atoms with Crippen molar-refractivity contribution < 1.29 is 14.2 Å². The summed E-state index contributed by atoms with van der Waals surface area (Å²) in [6, 6.07) is 15.2. The van der Waals surface area contributed by atoms with E-state index in [9.17, 15) is 0 Å². The van der Waals surface area contributed by atoms with Gasteiger partial charge in [0.05, 0.1) is 7.11 Å². The van der Waals surface area contributed by atoms with Crippen molar-refractivity contribution in [1.82, 2.24) is 0 Å². The molecule has 0 aromatic heterocycles. The van der Waals surface area contributed by atoms with Gasteiger partial charge in [0.2, 0.25) is 0 Å². The lowest BCUT2D eigenvalue weighted by Gasteiger charge is -2.09. The maximum absolute atomic E-state index is 5.73. The highest BCUT2D eigenvalue weighted by molar-refractivity contribution is 6.17. The molecule has 3 nitrogen and oxygen atoms in total. The summed E-state index contributed by atoms with van der Waals surface area (Å²) in [4.78, 5) is 0. The van der Waals surface area contributed by atoms with E-state index in [4.69, 9.17) is 25.8 Å². The summed E-state index contributed by atoms with van der Waals surface area (Å²) in [5.74, 6) is 2.94. The van der Waals surface area contributed by atoms with E-state index in [2.05, 4.69) is 0 Å². The highest BCUT2D eigenvalue weighted by atomic mass is 35.5. The first-order valence-electron chi connectivity index (χ1n) is 6.36. The molecule has 20 heavy (non-hydrogen) atoms. The fourth-order valence-corrected chi connectivity index (χ4v) is 1.84. The molecule has 0 unspecified atom stereocenters. The normalized spacial score (nSPS) is 10.1. The van der Waals surface area contributed by atoms with E-state index >= 15 is 0 Å². The fourth-order valence-electron chi connectivity index (χ4n) is 1.67. The summed E-state index contributed by atoms with van der Waals surface area (Å²) < 4.78 is 16.2. The highest BCUT2D eigenvalue weighted by Gasteiger charge is 1.97. The van der Waals surface area contributed by atoms with Crippen molar-refractivity contribution in [2.75, 3.05) is 20.3 Å². The van der Waals surface area contributed by atoms with Crippen LogP contribution in [0.1, 0.15) is 5.56 Å². The number of hydrogen-bond acceptors (Lipinski definition) is 3. The van der Waals surface area contributed by atoms with Crippen molar-refractivity contribution in [3.8, 4) is 17.2 Å². The summed E-state index contributed by atoms with van der Waals surface area (Å²) in [5.41, 5.74) is 1.08. The Morgan fingerprint density at radius 1 is 0.750 bits per heavy atom. The molecule has 0 spiro atoms. The molecular weight excluding hydrogens is 276 g/mol. The van der Waals surface area contributed by atoms with Gasteiger partial charge in [0.1, 0.15) is 30.5 Å². The standard InChI is InChI=1S/C16H17ClO3/c1-18-14-6-8-16(9-7-14)20-11-10-19-15-4-2-13(12-17)3-5-15/h2-9H,10-12H2,1H3. The molecule has 0 amide bonds.